The first-order valence-electron chi connectivity index (χ1n) is 11.0. The van der Waals surface area contributed by atoms with Crippen molar-refractivity contribution in [3.63, 3.8) is 0 Å². The number of nitrogens with zero attached hydrogens (tertiary/aromatic N) is 4. The van der Waals surface area contributed by atoms with Crippen molar-refractivity contribution >= 4 is 15.8 Å². The normalized spacial score (nSPS) is 14.4. The van der Waals surface area contributed by atoms with Gasteiger partial charge < -0.3 is 5.32 Å². The van der Waals surface area contributed by atoms with Gasteiger partial charge in [-0.2, -0.15) is 9.40 Å². The van der Waals surface area contributed by atoms with Gasteiger partial charge in [0.25, 0.3) is 0 Å². The van der Waals surface area contributed by atoms with Crippen molar-refractivity contribution in [2.75, 3.05) is 18.4 Å². The SMILES string of the molecule is O=S(=O)(c1ccc(NCc2cn(-c3ccccc3)nc2-c2ccccc2)nc1)N1CCCC1. The molecule has 3 heterocycles. The molecule has 0 saturated carbocycles. The molecule has 4 aromatic rings. The van der Waals surface area contributed by atoms with E-state index in [1.807, 2.05) is 71.5 Å². The van der Waals surface area contributed by atoms with Gasteiger partial charge in [-0.15, -0.1) is 0 Å². The molecule has 1 fully saturated rings. The molecular formula is C25H25N5O2S. The number of sulfonamides is 1. The van der Waals surface area contributed by atoms with E-state index < -0.39 is 10.0 Å². The van der Waals surface area contributed by atoms with Crippen molar-refractivity contribution in [3.8, 4) is 16.9 Å². The summed E-state index contributed by atoms with van der Waals surface area (Å²) < 4.78 is 28.8. The molecule has 2 aromatic heterocycles. The highest BCUT2D eigenvalue weighted by molar-refractivity contribution is 7.89. The average Bonchev–Trinajstić information content (AvgIpc) is 3.55. The number of pyridine rings is 1. The van der Waals surface area contributed by atoms with E-state index in [-0.39, 0.29) is 4.90 Å². The molecule has 0 bridgehead atoms. The predicted octanol–water partition coefficient (Wildman–Crippen LogP) is 4.33. The number of para-hydroxylation sites is 1. The Morgan fingerprint density at radius 1 is 0.879 bits per heavy atom. The van der Waals surface area contributed by atoms with Crippen LogP contribution in [-0.4, -0.2) is 40.6 Å². The fourth-order valence-corrected chi connectivity index (χ4v) is 5.45. The molecule has 0 spiro atoms. The molecule has 0 radical (unpaired) electrons. The van der Waals surface area contributed by atoms with Crippen molar-refractivity contribution in [2.24, 2.45) is 0 Å². The van der Waals surface area contributed by atoms with E-state index >= 15 is 0 Å². The summed E-state index contributed by atoms with van der Waals surface area (Å²) in [6.45, 7) is 1.66. The van der Waals surface area contributed by atoms with Gasteiger partial charge in [0.05, 0.1) is 11.4 Å². The summed E-state index contributed by atoms with van der Waals surface area (Å²) >= 11 is 0. The zero-order valence-electron chi connectivity index (χ0n) is 18.1. The maximum atomic E-state index is 12.7. The maximum Gasteiger partial charge on any atom is 0.244 e. The molecule has 1 saturated heterocycles. The lowest BCUT2D eigenvalue weighted by Crippen LogP contribution is -2.27. The highest BCUT2D eigenvalue weighted by Gasteiger charge is 2.27. The molecule has 2 aromatic carbocycles. The molecule has 0 amide bonds. The van der Waals surface area contributed by atoms with Crippen LogP contribution in [0.4, 0.5) is 5.82 Å². The van der Waals surface area contributed by atoms with Gasteiger partial charge in [0.1, 0.15) is 10.7 Å². The predicted molar refractivity (Wildman–Crippen MR) is 129 cm³/mol. The first-order chi connectivity index (χ1) is 16.1. The number of anilines is 1. The largest absolute Gasteiger partial charge is 0.366 e. The average molecular weight is 460 g/mol. The quantitative estimate of drug-likeness (QED) is 0.445. The van der Waals surface area contributed by atoms with E-state index in [9.17, 15) is 8.42 Å². The maximum absolute atomic E-state index is 12.7. The van der Waals surface area contributed by atoms with Crippen molar-refractivity contribution in [1.29, 1.82) is 0 Å². The van der Waals surface area contributed by atoms with E-state index in [2.05, 4.69) is 10.3 Å². The summed E-state index contributed by atoms with van der Waals surface area (Å²) in [5, 5.41) is 8.14. The lowest BCUT2D eigenvalue weighted by atomic mass is 10.1. The Labute approximate surface area is 193 Å². The van der Waals surface area contributed by atoms with Crippen LogP contribution < -0.4 is 5.32 Å². The van der Waals surface area contributed by atoms with Gasteiger partial charge >= 0.3 is 0 Å². The Kier molecular flexibility index (Phi) is 5.93. The molecule has 168 valence electrons. The Morgan fingerprint density at radius 2 is 1.58 bits per heavy atom. The van der Waals surface area contributed by atoms with Gasteiger partial charge in [0.2, 0.25) is 10.0 Å². The van der Waals surface area contributed by atoms with Crippen LogP contribution in [0.3, 0.4) is 0 Å². The van der Waals surface area contributed by atoms with Crippen molar-refractivity contribution in [3.05, 3.63) is 90.8 Å². The minimum Gasteiger partial charge on any atom is -0.366 e. The third kappa shape index (κ3) is 4.53. The second kappa shape index (κ2) is 9.17. The second-order valence-corrected chi connectivity index (χ2v) is 9.93. The molecule has 8 heteroatoms. The monoisotopic (exact) mass is 459 g/mol. The molecule has 0 atom stereocenters. The topological polar surface area (TPSA) is 80.1 Å². The molecule has 5 rings (SSSR count). The van der Waals surface area contributed by atoms with Gasteiger partial charge in [-0.1, -0.05) is 48.5 Å². The minimum atomic E-state index is -3.46. The molecule has 1 N–H and O–H groups in total. The Morgan fingerprint density at radius 3 is 2.24 bits per heavy atom. The van der Waals surface area contributed by atoms with E-state index in [0.29, 0.717) is 25.5 Å². The molecule has 1 aliphatic rings. The summed E-state index contributed by atoms with van der Waals surface area (Å²) in [5.74, 6) is 0.613. The first kappa shape index (κ1) is 21.4. The third-order valence-corrected chi connectivity index (χ3v) is 7.64. The van der Waals surface area contributed by atoms with Gasteiger partial charge in [-0.25, -0.2) is 18.1 Å². The van der Waals surface area contributed by atoms with Crippen LogP contribution in [0.1, 0.15) is 18.4 Å². The van der Waals surface area contributed by atoms with Crippen molar-refractivity contribution in [2.45, 2.75) is 24.3 Å². The molecule has 1 aliphatic heterocycles. The van der Waals surface area contributed by atoms with E-state index in [0.717, 1.165) is 35.3 Å². The lowest BCUT2D eigenvalue weighted by molar-refractivity contribution is 0.477. The van der Waals surface area contributed by atoms with E-state index in [4.69, 9.17) is 5.10 Å². The van der Waals surface area contributed by atoms with Gasteiger partial charge in [-0.05, 0) is 37.1 Å². The number of nitrogens with one attached hydrogen (secondary N) is 1. The fraction of sp³-hybridized carbons (Fsp3) is 0.200. The fourth-order valence-electron chi connectivity index (χ4n) is 3.99. The molecule has 33 heavy (non-hydrogen) atoms. The van der Waals surface area contributed by atoms with Crippen molar-refractivity contribution < 1.29 is 8.42 Å². The first-order valence-corrected chi connectivity index (χ1v) is 12.4. The van der Waals surface area contributed by atoms with Gasteiger partial charge in [-0.3, -0.25) is 0 Å². The molecule has 0 unspecified atom stereocenters. The molecule has 7 nitrogen and oxygen atoms in total. The lowest BCUT2D eigenvalue weighted by Gasteiger charge is -2.15. The molecule has 0 aliphatic carbocycles. The number of hydrogen-bond donors (Lipinski definition) is 1. The minimum absolute atomic E-state index is 0.233. The van der Waals surface area contributed by atoms with Crippen molar-refractivity contribution in [1.82, 2.24) is 19.1 Å². The smallest absolute Gasteiger partial charge is 0.244 e. The third-order valence-electron chi connectivity index (χ3n) is 5.76. The zero-order valence-corrected chi connectivity index (χ0v) is 18.9. The summed E-state index contributed by atoms with van der Waals surface area (Å²) in [7, 11) is -3.46. The van der Waals surface area contributed by atoms with Crippen LogP contribution in [0.2, 0.25) is 0 Å². The number of hydrogen-bond acceptors (Lipinski definition) is 5. The van der Waals surface area contributed by atoms with E-state index in [1.165, 1.54) is 10.5 Å². The molecular weight excluding hydrogens is 434 g/mol. The van der Waals surface area contributed by atoms with Crippen LogP contribution >= 0.6 is 0 Å². The zero-order chi connectivity index (χ0) is 22.7. The number of benzene rings is 2. The Balaban J connectivity index is 1.37. The van der Waals surface area contributed by atoms with Crippen LogP contribution in [0, 0.1) is 0 Å². The Bertz CT molecular complexity index is 1310. The number of aromatic nitrogens is 3. The summed E-state index contributed by atoms with van der Waals surface area (Å²) in [6.07, 6.45) is 5.26. The summed E-state index contributed by atoms with van der Waals surface area (Å²) in [4.78, 5) is 4.59. The standard InChI is InChI=1S/C25H25N5O2S/c31-33(32,29-15-7-8-16-29)23-13-14-24(27-18-23)26-17-21-19-30(22-11-5-2-6-12-22)28-25(21)20-9-3-1-4-10-20/h1-6,9-14,18-19H,7-8,15-17H2,(H,26,27). The van der Waals surface area contributed by atoms with Crippen LogP contribution in [0.5, 0.6) is 0 Å². The highest BCUT2D eigenvalue weighted by Crippen LogP contribution is 2.25. The van der Waals surface area contributed by atoms with Gasteiger partial charge in [0.15, 0.2) is 0 Å². The Hall–Kier alpha value is -3.49. The highest BCUT2D eigenvalue weighted by atomic mass is 32.2. The number of rotatable bonds is 7. The van der Waals surface area contributed by atoms with Crippen LogP contribution in [0.25, 0.3) is 16.9 Å². The summed E-state index contributed by atoms with van der Waals surface area (Å²) in [5.41, 5.74) is 3.92. The van der Waals surface area contributed by atoms with E-state index in [1.54, 1.807) is 12.1 Å². The van der Waals surface area contributed by atoms with Crippen LogP contribution in [-0.2, 0) is 16.6 Å². The van der Waals surface area contributed by atoms with Gasteiger partial charge in [0, 0.05) is 43.2 Å². The summed E-state index contributed by atoms with van der Waals surface area (Å²) in [6, 6.07) is 23.4. The van der Waals surface area contributed by atoms with Crippen LogP contribution in [0.15, 0.2) is 90.1 Å². The second-order valence-electron chi connectivity index (χ2n) is 7.99.